The van der Waals surface area contributed by atoms with Gasteiger partial charge in [-0.25, -0.2) is 0 Å². The topological polar surface area (TPSA) is 75.1 Å². The maximum absolute atomic E-state index is 9.49. The molecular formula is C21H23BN2O4. The molecule has 0 aliphatic heterocycles. The summed E-state index contributed by atoms with van der Waals surface area (Å²) in [7, 11) is 1.72. The number of hydrogen-bond acceptors (Lipinski definition) is 6. The molecule has 0 saturated carbocycles. The number of anilines is 1. The van der Waals surface area contributed by atoms with Gasteiger partial charge in [-0.2, -0.15) is 0 Å². The van der Waals surface area contributed by atoms with E-state index in [9.17, 15) is 10.0 Å². The molecule has 0 unspecified atom stereocenters. The third-order valence-corrected chi connectivity index (χ3v) is 4.47. The van der Waals surface area contributed by atoms with Crippen molar-refractivity contribution in [2.75, 3.05) is 19.1 Å². The van der Waals surface area contributed by atoms with Crippen molar-refractivity contribution in [3.8, 4) is 11.5 Å². The Bertz CT molecular complexity index is 836. The summed E-state index contributed by atoms with van der Waals surface area (Å²) in [5.41, 5.74) is 3.36. The van der Waals surface area contributed by atoms with Crippen molar-refractivity contribution in [3.05, 3.63) is 78.1 Å². The maximum Gasteiger partial charge on any atom is 0.490 e. The van der Waals surface area contributed by atoms with Crippen LogP contribution in [-0.4, -0.2) is 36.4 Å². The Morgan fingerprint density at radius 3 is 1.75 bits per heavy atom. The molecule has 0 bridgehead atoms. The second-order valence-electron chi connectivity index (χ2n) is 6.40. The average molecular weight is 378 g/mol. The lowest BCUT2D eigenvalue weighted by atomic mass is 9.81. The predicted molar refractivity (Wildman–Crippen MR) is 110 cm³/mol. The molecule has 2 aromatic carbocycles. The number of rotatable bonds is 8. The van der Waals surface area contributed by atoms with Crippen LogP contribution in [0.4, 0.5) is 5.69 Å². The SMILES string of the molecule is COc1ccc(CN(Cc2ccc(OC)cc2)c2cncc(B(O)O)c2)cc1. The summed E-state index contributed by atoms with van der Waals surface area (Å²) in [5, 5.41) is 19.0. The molecular weight excluding hydrogens is 355 g/mol. The molecule has 1 aromatic heterocycles. The third-order valence-electron chi connectivity index (χ3n) is 4.47. The Kier molecular flexibility index (Phi) is 6.52. The fraction of sp³-hybridized carbons (Fsp3) is 0.190. The number of pyridine rings is 1. The van der Waals surface area contributed by atoms with E-state index in [0.717, 1.165) is 28.3 Å². The van der Waals surface area contributed by atoms with E-state index >= 15 is 0 Å². The van der Waals surface area contributed by atoms with Crippen molar-refractivity contribution in [3.63, 3.8) is 0 Å². The molecule has 2 N–H and O–H groups in total. The van der Waals surface area contributed by atoms with Crippen LogP contribution in [0.15, 0.2) is 67.0 Å². The predicted octanol–water partition coefficient (Wildman–Crippen LogP) is 1.99. The molecule has 144 valence electrons. The van der Waals surface area contributed by atoms with Gasteiger partial charge in [-0.3, -0.25) is 4.98 Å². The molecule has 0 fully saturated rings. The van der Waals surface area contributed by atoms with Crippen LogP contribution >= 0.6 is 0 Å². The van der Waals surface area contributed by atoms with Gasteiger partial charge in [-0.15, -0.1) is 0 Å². The van der Waals surface area contributed by atoms with Crippen LogP contribution in [0.2, 0.25) is 0 Å². The average Bonchev–Trinajstić information content (AvgIpc) is 2.74. The second-order valence-corrected chi connectivity index (χ2v) is 6.40. The number of benzene rings is 2. The number of nitrogens with zero attached hydrogens (tertiary/aromatic N) is 2. The molecule has 0 atom stereocenters. The minimum absolute atomic E-state index is 0.354. The first kappa shape index (κ1) is 19.7. The van der Waals surface area contributed by atoms with E-state index in [4.69, 9.17) is 9.47 Å². The van der Waals surface area contributed by atoms with E-state index in [1.165, 1.54) is 6.20 Å². The number of ether oxygens (including phenoxy) is 2. The van der Waals surface area contributed by atoms with E-state index in [2.05, 4.69) is 9.88 Å². The fourth-order valence-corrected chi connectivity index (χ4v) is 2.90. The number of aromatic nitrogens is 1. The van der Waals surface area contributed by atoms with Gasteiger partial charge in [0.1, 0.15) is 11.5 Å². The van der Waals surface area contributed by atoms with Crippen molar-refractivity contribution in [1.29, 1.82) is 0 Å². The van der Waals surface area contributed by atoms with Crippen LogP contribution in [0.25, 0.3) is 0 Å². The lowest BCUT2D eigenvalue weighted by Gasteiger charge is -2.25. The Morgan fingerprint density at radius 2 is 1.32 bits per heavy atom. The highest BCUT2D eigenvalue weighted by Gasteiger charge is 2.15. The highest BCUT2D eigenvalue weighted by molar-refractivity contribution is 6.58. The summed E-state index contributed by atoms with van der Waals surface area (Å²) in [6, 6.07) is 17.5. The number of methoxy groups -OCH3 is 2. The molecule has 0 aliphatic carbocycles. The minimum atomic E-state index is -1.56. The molecule has 7 heteroatoms. The van der Waals surface area contributed by atoms with Crippen LogP contribution in [0, 0.1) is 0 Å². The lowest BCUT2D eigenvalue weighted by molar-refractivity contribution is 0.414. The Balaban J connectivity index is 1.88. The summed E-state index contributed by atoms with van der Waals surface area (Å²) >= 11 is 0. The number of hydrogen-bond donors (Lipinski definition) is 2. The molecule has 3 rings (SSSR count). The zero-order chi connectivity index (χ0) is 19.9. The van der Waals surface area contributed by atoms with Crippen molar-refractivity contribution in [2.24, 2.45) is 0 Å². The molecule has 0 spiro atoms. The summed E-state index contributed by atoms with van der Waals surface area (Å²) in [4.78, 5) is 6.29. The summed E-state index contributed by atoms with van der Waals surface area (Å²) in [6.07, 6.45) is 3.17. The third kappa shape index (κ3) is 5.03. The zero-order valence-electron chi connectivity index (χ0n) is 15.9. The Morgan fingerprint density at radius 1 is 0.821 bits per heavy atom. The fourth-order valence-electron chi connectivity index (χ4n) is 2.90. The van der Waals surface area contributed by atoms with Gasteiger partial charge in [0.2, 0.25) is 0 Å². The smallest absolute Gasteiger partial charge is 0.490 e. The molecule has 0 radical (unpaired) electrons. The zero-order valence-corrected chi connectivity index (χ0v) is 15.9. The quantitative estimate of drug-likeness (QED) is 0.584. The van der Waals surface area contributed by atoms with Gasteiger partial charge >= 0.3 is 7.12 Å². The van der Waals surface area contributed by atoms with Crippen molar-refractivity contribution >= 4 is 18.3 Å². The monoisotopic (exact) mass is 378 g/mol. The van der Waals surface area contributed by atoms with Gasteiger partial charge in [0.15, 0.2) is 0 Å². The maximum atomic E-state index is 9.49. The van der Waals surface area contributed by atoms with Crippen molar-refractivity contribution < 1.29 is 19.5 Å². The van der Waals surface area contributed by atoms with Crippen LogP contribution in [-0.2, 0) is 13.1 Å². The van der Waals surface area contributed by atoms with Gasteiger partial charge in [0, 0.05) is 24.7 Å². The first-order valence-corrected chi connectivity index (χ1v) is 8.91. The van der Waals surface area contributed by atoms with Crippen molar-refractivity contribution in [1.82, 2.24) is 4.98 Å². The highest BCUT2D eigenvalue weighted by Crippen LogP contribution is 2.21. The second kappa shape index (κ2) is 9.26. The van der Waals surface area contributed by atoms with Crippen LogP contribution in [0.1, 0.15) is 11.1 Å². The molecule has 0 amide bonds. The standard InChI is InChI=1S/C21H23BN2O4/c1-27-20-7-3-16(4-8-20)14-24(15-17-5-9-21(28-2)10-6-17)19-11-18(22(25)26)12-23-13-19/h3-13,25-26H,14-15H2,1-2H3. The summed E-state index contributed by atoms with van der Waals surface area (Å²) in [5.74, 6) is 1.61. The Hall–Kier alpha value is -3.03. The normalized spacial score (nSPS) is 10.4. The molecule has 0 aliphatic rings. The lowest BCUT2D eigenvalue weighted by Crippen LogP contribution is -2.32. The van der Waals surface area contributed by atoms with E-state index in [1.54, 1.807) is 26.5 Å². The van der Waals surface area contributed by atoms with E-state index < -0.39 is 7.12 Å². The van der Waals surface area contributed by atoms with Gasteiger partial charge in [0.25, 0.3) is 0 Å². The van der Waals surface area contributed by atoms with Crippen LogP contribution in [0.3, 0.4) is 0 Å². The van der Waals surface area contributed by atoms with Gasteiger partial charge < -0.3 is 24.4 Å². The van der Waals surface area contributed by atoms with Gasteiger partial charge in [0.05, 0.1) is 26.1 Å². The van der Waals surface area contributed by atoms with Crippen LogP contribution < -0.4 is 19.8 Å². The largest absolute Gasteiger partial charge is 0.497 e. The molecule has 6 nitrogen and oxygen atoms in total. The Labute approximate surface area is 165 Å². The molecule has 28 heavy (non-hydrogen) atoms. The minimum Gasteiger partial charge on any atom is -0.497 e. The summed E-state index contributed by atoms with van der Waals surface area (Å²) < 4.78 is 10.5. The molecule has 3 aromatic rings. The van der Waals surface area contributed by atoms with E-state index in [-0.39, 0.29) is 0 Å². The van der Waals surface area contributed by atoms with Gasteiger partial charge in [-0.1, -0.05) is 24.3 Å². The van der Waals surface area contributed by atoms with Gasteiger partial charge in [-0.05, 0) is 41.5 Å². The highest BCUT2D eigenvalue weighted by atomic mass is 16.5. The first-order chi connectivity index (χ1) is 13.6. The van der Waals surface area contributed by atoms with Crippen molar-refractivity contribution in [2.45, 2.75) is 13.1 Å². The first-order valence-electron chi connectivity index (χ1n) is 8.91. The molecule has 1 heterocycles. The van der Waals surface area contributed by atoms with E-state index in [1.807, 2.05) is 48.5 Å². The molecule has 0 saturated heterocycles. The van der Waals surface area contributed by atoms with E-state index in [0.29, 0.717) is 18.6 Å². The van der Waals surface area contributed by atoms with Crippen LogP contribution in [0.5, 0.6) is 11.5 Å². The summed E-state index contributed by atoms with van der Waals surface area (Å²) in [6.45, 7) is 1.26.